The number of hydrogen-bond donors (Lipinski definition) is 1. The van der Waals surface area contributed by atoms with Gasteiger partial charge in [0.25, 0.3) is 0 Å². The Kier molecular flexibility index (Phi) is 7.45. The fourth-order valence-corrected chi connectivity index (χ4v) is 3.77. The van der Waals surface area contributed by atoms with Gasteiger partial charge in [0.2, 0.25) is 5.91 Å². The van der Waals surface area contributed by atoms with Gasteiger partial charge in [-0.2, -0.15) is 0 Å². The van der Waals surface area contributed by atoms with Crippen molar-refractivity contribution in [3.8, 4) is 0 Å². The number of carbonyl (C=O) groups excluding carboxylic acids is 1. The number of anilines is 1. The van der Waals surface area contributed by atoms with Gasteiger partial charge >= 0.3 is 0 Å². The molecule has 0 aromatic heterocycles. The third kappa shape index (κ3) is 6.12. The molecule has 2 atom stereocenters. The highest BCUT2D eigenvalue weighted by Gasteiger charge is 2.21. The number of nitrogens with one attached hydrogen (secondary N) is 1. The lowest BCUT2D eigenvalue weighted by Gasteiger charge is -2.29. The summed E-state index contributed by atoms with van der Waals surface area (Å²) in [5.41, 5.74) is 4.39. The first-order valence-corrected chi connectivity index (χ1v) is 9.54. The Labute approximate surface area is 152 Å². The summed E-state index contributed by atoms with van der Waals surface area (Å²) >= 11 is 0. The summed E-state index contributed by atoms with van der Waals surface area (Å²) in [5.74, 6) is 0.693. The maximum atomic E-state index is 12.3. The minimum atomic E-state index is 0.0311. The van der Waals surface area contributed by atoms with E-state index < -0.39 is 0 Å². The van der Waals surface area contributed by atoms with Gasteiger partial charge < -0.3 is 10.1 Å². The molecule has 1 aliphatic rings. The molecule has 25 heavy (non-hydrogen) atoms. The number of likely N-dealkylation sites (N-methyl/N-ethyl adjacent to an activating group) is 1. The van der Waals surface area contributed by atoms with Gasteiger partial charge in [0, 0.05) is 12.2 Å². The molecule has 1 aromatic carbocycles. The van der Waals surface area contributed by atoms with Crippen LogP contribution >= 0.6 is 0 Å². The normalized spacial score (nSPS) is 20.7. The molecule has 4 nitrogen and oxygen atoms in total. The molecule has 4 heteroatoms. The second kappa shape index (κ2) is 9.35. The van der Waals surface area contributed by atoms with Gasteiger partial charge in [-0.05, 0) is 57.7 Å². The summed E-state index contributed by atoms with van der Waals surface area (Å²) < 4.78 is 6.04. The van der Waals surface area contributed by atoms with Gasteiger partial charge in [0.05, 0.1) is 19.3 Å². The molecule has 1 fully saturated rings. The number of ether oxygens (including phenoxy) is 1. The van der Waals surface area contributed by atoms with Gasteiger partial charge in [-0.15, -0.1) is 0 Å². The van der Waals surface area contributed by atoms with Crippen LogP contribution in [-0.2, 0) is 9.53 Å². The largest absolute Gasteiger partial charge is 0.377 e. The Morgan fingerprint density at radius 1 is 1.20 bits per heavy atom. The van der Waals surface area contributed by atoms with E-state index in [-0.39, 0.29) is 5.91 Å². The van der Waals surface area contributed by atoms with Crippen LogP contribution in [0.2, 0.25) is 0 Å². The lowest BCUT2D eigenvalue weighted by molar-refractivity contribution is -0.117. The summed E-state index contributed by atoms with van der Waals surface area (Å²) in [6, 6.07) is 4.21. The lowest BCUT2D eigenvalue weighted by Crippen LogP contribution is -2.34. The molecular formula is C21H34N2O2. The average Bonchev–Trinajstić information content (AvgIpc) is 2.52. The third-order valence-electron chi connectivity index (χ3n) is 5.19. The molecule has 2 rings (SSSR count). The number of nitrogens with zero attached hydrogens (tertiary/aromatic N) is 1. The number of carbonyl (C=O) groups is 1. The molecule has 0 aliphatic heterocycles. The van der Waals surface area contributed by atoms with Crippen molar-refractivity contribution in [1.82, 2.24) is 4.90 Å². The Bertz CT molecular complexity index is 562. The maximum absolute atomic E-state index is 12.3. The maximum Gasteiger partial charge on any atom is 0.238 e. The van der Waals surface area contributed by atoms with Crippen LogP contribution in [-0.4, -0.2) is 43.7 Å². The van der Waals surface area contributed by atoms with E-state index in [1.807, 2.05) is 25.8 Å². The summed E-state index contributed by atoms with van der Waals surface area (Å²) in [6.07, 6.45) is 5.46. The van der Waals surface area contributed by atoms with Crippen molar-refractivity contribution in [2.45, 2.75) is 59.5 Å². The Balaban J connectivity index is 1.75. The first-order chi connectivity index (χ1) is 11.9. The second-order valence-corrected chi connectivity index (χ2v) is 7.73. The van der Waals surface area contributed by atoms with Crippen LogP contribution in [0.5, 0.6) is 0 Å². The van der Waals surface area contributed by atoms with Crippen molar-refractivity contribution < 1.29 is 9.53 Å². The van der Waals surface area contributed by atoms with E-state index in [1.165, 1.54) is 31.2 Å². The van der Waals surface area contributed by atoms with Crippen LogP contribution in [0.15, 0.2) is 12.1 Å². The molecule has 1 N–H and O–H groups in total. The topological polar surface area (TPSA) is 41.6 Å². The third-order valence-corrected chi connectivity index (χ3v) is 5.19. The number of hydrogen-bond acceptors (Lipinski definition) is 3. The van der Waals surface area contributed by atoms with Crippen molar-refractivity contribution in [2.24, 2.45) is 5.92 Å². The highest BCUT2D eigenvalue weighted by Crippen LogP contribution is 2.26. The zero-order valence-electron chi connectivity index (χ0n) is 16.5. The first-order valence-electron chi connectivity index (χ1n) is 9.54. The minimum Gasteiger partial charge on any atom is -0.377 e. The standard InChI is InChI=1S/C21H34N2O2/c1-15-12-17(3)21(18(4)13-15)22-20(24)14-23(5)10-11-25-19-9-7-6-8-16(19)2/h12-13,16,19H,6-11,14H2,1-5H3,(H,22,24)/t16-,19-/m1/s1. The van der Waals surface area contributed by atoms with Crippen LogP contribution in [0.3, 0.4) is 0 Å². The number of amides is 1. The molecule has 0 bridgehead atoms. The van der Waals surface area contributed by atoms with Gasteiger partial charge in [-0.3, -0.25) is 9.69 Å². The molecular weight excluding hydrogens is 312 g/mol. The number of benzene rings is 1. The van der Waals surface area contributed by atoms with E-state index in [2.05, 4.69) is 31.3 Å². The quantitative estimate of drug-likeness (QED) is 0.809. The SMILES string of the molecule is Cc1cc(C)c(NC(=O)CN(C)CCO[C@@H]2CCCC[C@H]2C)c(C)c1. The Hall–Kier alpha value is -1.39. The number of aryl methyl sites for hydroxylation is 3. The predicted molar refractivity (Wildman–Crippen MR) is 104 cm³/mol. The van der Waals surface area contributed by atoms with Gasteiger partial charge in [0.1, 0.15) is 0 Å². The molecule has 0 heterocycles. The van der Waals surface area contributed by atoms with Crippen molar-refractivity contribution >= 4 is 11.6 Å². The highest BCUT2D eigenvalue weighted by atomic mass is 16.5. The van der Waals surface area contributed by atoms with Crippen molar-refractivity contribution in [3.05, 3.63) is 28.8 Å². The predicted octanol–water partition coefficient (Wildman–Crippen LogP) is 4.08. The summed E-state index contributed by atoms with van der Waals surface area (Å²) in [4.78, 5) is 14.4. The molecule has 0 spiro atoms. The van der Waals surface area contributed by atoms with E-state index in [1.54, 1.807) is 0 Å². The van der Waals surface area contributed by atoms with Crippen molar-refractivity contribution in [1.29, 1.82) is 0 Å². The molecule has 0 unspecified atom stereocenters. The zero-order valence-corrected chi connectivity index (χ0v) is 16.5. The monoisotopic (exact) mass is 346 g/mol. The molecule has 1 aromatic rings. The molecule has 1 amide bonds. The average molecular weight is 347 g/mol. The summed E-state index contributed by atoms with van der Waals surface area (Å²) in [5, 5.41) is 3.06. The van der Waals surface area contributed by atoms with Gasteiger partial charge in [0.15, 0.2) is 0 Å². The summed E-state index contributed by atoms with van der Waals surface area (Å²) in [6.45, 7) is 10.3. The van der Waals surface area contributed by atoms with Crippen LogP contribution < -0.4 is 5.32 Å². The summed E-state index contributed by atoms with van der Waals surface area (Å²) in [7, 11) is 1.97. The van der Waals surface area contributed by atoms with Crippen LogP contribution in [0.25, 0.3) is 0 Å². The lowest BCUT2D eigenvalue weighted by atomic mass is 9.88. The van der Waals surface area contributed by atoms with Gasteiger partial charge in [-0.1, -0.05) is 37.5 Å². The molecule has 0 saturated heterocycles. The fraction of sp³-hybridized carbons (Fsp3) is 0.667. The molecule has 1 aliphatic carbocycles. The Morgan fingerprint density at radius 2 is 1.84 bits per heavy atom. The van der Waals surface area contributed by atoms with E-state index >= 15 is 0 Å². The number of rotatable bonds is 7. The Morgan fingerprint density at radius 3 is 2.48 bits per heavy atom. The van der Waals surface area contributed by atoms with E-state index in [0.717, 1.165) is 23.4 Å². The molecule has 1 saturated carbocycles. The van der Waals surface area contributed by atoms with E-state index in [4.69, 9.17) is 4.74 Å². The van der Waals surface area contributed by atoms with Crippen LogP contribution in [0, 0.1) is 26.7 Å². The fourth-order valence-electron chi connectivity index (χ4n) is 3.77. The van der Waals surface area contributed by atoms with E-state index in [9.17, 15) is 4.79 Å². The smallest absolute Gasteiger partial charge is 0.238 e. The zero-order chi connectivity index (χ0) is 18.4. The van der Waals surface area contributed by atoms with Crippen LogP contribution in [0.1, 0.15) is 49.3 Å². The highest BCUT2D eigenvalue weighted by molar-refractivity contribution is 5.93. The second-order valence-electron chi connectivity index (χ2n) is 7.73. The first kappa shape index (κ1) is 19.9. The molecule has 0 radical (unpaired) electrons. The minimum absolute atomic E-state index is 0.0311. The van der Waals surface area contributed by atoms with Crippen LogP contribution in [0.4, 0.5) is 5.69 Å². The van der Waals surface area contributed by atoms with Crippen molar-refractivity contribution in [2.75, 3.05) is 32.1 Å². The van der Waals surface area contributed by atoms with Gasteiger partial charge in [-0.25, -0.2) is 0 Å². The van der Waals surface area contributed by atoms with E-state index in [0.29, 0.717) is 25.2 Å². The molecule has 140 valence electrons. The van der Waals surface area contributed by atoms with Crippen molar-refractivity contribution in [3.63, 3.8) is 0 Å².